The fourth-order valence-electron chi connectivity index (χ4n) is 1.46. The Balaban J connectivity index is 2.03. The van der Waals surface area contributed by atoms with Gasteiger partial charge in [-0.15, -0.1) is 0 Å². The van der Waals surface area contributed by atoms with Gasteiger partial charge >= 0.3 is 0 Å². The molecule has 92 valence electrons. The maximum atomic E-state index is 11.7. The van der Waals surface area contributed by atoms with E-state index in [-0.39, 0.29) is 5.91 Å². The summed E-state index contributed by atoms with van der Waals surface area (Å²) >= 11 is 1.60. The highest BCUT2D eigenvalue weighted by Crippen LogP contribution is 2.22. The molecule has 18 heavy (non-hydrogen) atoms. The summed E-state index contributed by atoms with van der Waals surface area (Å²) in [5.74, 6) is 0.473. The minimum absolute atomic E-state index is 0.175. The van der Waals surface area contributed by atoms with Crippen molar-refractivity contribution in [1.29, 1.82) is 0 Å². The lowest BCUT2D eigenvalue weighted by atomic mass is 10.2. The summed E-state index contributed by atoms with van der Waals surface area (Å²) in [6.07, 6.45) is 3.29. The van der Waals surface area contributed by atoms with E-state index in [1.807, 2.05) is 29.0 Å². The van der Waals surface area contributed by atoms with Gasteiger partial charge in [0.25, 0.3) is 0 Å². The Kier molecular flexibility index (Phi) is 4.15. The van der Waals surface area contributed by atoms with Crippen LogP contribution < -0.4 is 10.1 Å². The Labute approximate surface area is 110 Å². The monoisotopic (exact) mass is 259 g/mol. The van der Waals surface area contributed by atoms with Crippen LogP contribution in [0.1, 0.15) is 5.56 Å². The first kappa shape index (κ1) is 12.4. The Morgan fingerprint density at radius 3 is 2.89 bits per heavy atom. The highest BCUT2D eigenvalue weighted by molar-refractivity contribution is 7.08. The molecule has 2 rings (SSSR count). The van der Waals surface area contributed by atoms with Crippen molar-refractivity contribution >= 4 is 29.0 Å². The van der Waals surface area contributed by atoms with Crippen LogP contribution in [0.25, 0.3) is 6.08 Å². The molecule has 1 N–H and O–H groups in total. The third kappa shape index (κ3) is 3.21. The highest BCUT2D eigenvalue weighted by Gasteiger charge is 2.03. The van der Waals surface area contributed by atoms with E-state index in [1.165, 1.54) is 6.08 Å². The van der Waals surface area contributed by atoms with E-state index in [0.717, 1.165) is 5.56 Å². The standard InChI is InChI=1S/C14H13NO2S/c1-17-13-5-3-2-4-12(13)15-14(16)7-6-11-8-9-18-10-11/h2-10H,1H3,(H,15,16)/b7-6+. The van der Waals surface area contributed by atoms with Gasteiger partial charge in [-0.2, -0.15) is 11.3 Å². The lowest BCUT2D eigenvalue weighted by Gasteiger charge is -2.07. The topological polar surface area (TPSA) is 38.3 Å². The number of nitrogens with one attached hydrogen (secondary N) is 1. The number of carbonyl (C=O) groups is 1. The van der Waals surface area contributed by atoms with Crippen LogP contribution in [-0.4, -0.2) is 13.0 Å². The van der Waals surface area contributed by atoms with Crippen LogP contribution in [0.15, 0.2) is 47.2 Å². The van der Waals surface area contributed by atoms with Crippen molar-refractivity contribution in [2.75, 3.05) is 12.4 Å². The molecular weight excluding hydrogens is 246 g/mol. The van der Waals surface area contributed by atoms with Crippen molar-refractivity contribution in [3.8, 4) is 5.75 Å². The zero-order valence-electron chi connectivity index (χ0n) is 9.92. The molecule has 0 bridgehead atoms. The molecule has 1 aromatic carbocycles. The second-order valence-electron chi connectivity index (χ2n) is 3.58. The molecule has 1 amide bonds. The van der Waals surface area contributed by atoms with Gasteiger partial charge < -0.3 is 10.1 Å². The predicted molar refractivity (Wildman–Crippen MR) is 75.0 cm³/mol. The van der Waals surface area contributed by atoms with Crippen molar-refractivity contribution < 1.29 is 9.53 Å². The Bertz CT molecular complexity index is 547. The third-order valence-electron chi connectivity index (χ3n) is 2.34. The molecule has 2 aromatic rings. The number of anilines is 1. The SMILES string of the molecule is COc1ccccc1NC(=O)/C=C/c1ccsc1. The van der Waals surface area contributed by atoms with E-state index in [9.17, 15) is 4.79 Å². The van der Waals surface area contributed by atoms with Gasteiger partial charge in [0.15, 0.2) is 0 Å². The van der Waals surface area contributed by atoms with Gasteiger partial charge in [0, 0.05) is 6.08 Å². The van der Waals surface area contributed by atoms with Crippen molar-refractivity contribution in [3.63, 3.8) is 0 Å². The van der Waals surface area contributed by atoms with Crippen LogP contribution in [0, 0.1) is 0 Å². The highest BCUT2D eigenvalue weighted by atomic mass is 32.1. The smallest absolute Gasteiger partial charge is 0.248 e. The Morgan fingerprint density at radius 1 is 1.33 bits per heavy atom. The van der Waals surface area contributed by atoms with Gasteiger partial charge in [0.05, 0.1) is 12.8 Å². The number of benzene rings is 1. The average Bonchev–Trinajstić information content (AvgIpc) is 2.90. The molecule has 1 aromatic heterocycles. The van der Waals surface area contributed by atoms with Crippen molar-refractivity contribution in [2.24, 2.45) is 0 Å². The number of para-hydroxylation sites is 2. The van der Waals surface area contributed by atoms with Gasteiger partial charge in [0.2, 0.25) is 5.91 Å². The molecule has 0 aliphatic rings. The molecule has 0 atom stereocenters. The fraction of sp³-hybridized carbons (Fsp3) is 0.0714. The van der Waals surface area contributed by atoms with Crippen LogP contribution in [0.5, 0.6) is 5.75 Å². The molecule has 0 saturated carbocycles. The largest absolute Gasteiger partial charge is 0.495 e. The molecule has 1 heterocycles. The van der Waals surface area contributed by atoms with Crippen LogP contribution in [-0.2, 0) is 4.79 Å². The van der Waals surface area contributed by atoms with Crippen LogP contribution >= 0.6 is 11.3 Å². The third-order valence-corrected chi connectivity index (χ3v) is 3.04. The molecule has 0 saturated heterocycles. The van der Waals surface area contributed by atoms with Gasteiger partial charge in [-0.1, -0.05) is 12.1 Å². The van der Waals surface area contributed by atoms with Crippen LogP contribution in [0.3, 0.4) is 0 Å². The van der Waals surface area contributed by atoms with Crippen molar-refractivity contribution in [3.05, 3.63) is 52.7 Å². The molecule has 4 heteroatoms. The predicted octanol–water partition coefficient (Wildman–Crippen LogP) is 3.41. The van der Waals surface area contributed by atoms with Gasteiger partial charge in [-0.25, -0.2) is 0 Å². The lowest BCUT2D eigenvalue weighted by molar-refractivity contribution is -0.111. The first-order valence-electron chi connectivity index (χ1n) is 5.44. The normalized spacial score (nSPS) is 10.5. The van der Waals surface area contributed by atoms with E-state index in [2.05, 4.69) is 5.32 Å². The summed E-state index contributed by atoms with van der Waals surface area (Å²) in [6, 6.07) is 9.27. The second kappa shape index (κ2) is 6.02. The maximum absolute atomic E-state index is 11.7. The maximum Gasteiger partial charge on any atom is 0.248 e. The second-order valence-corrected chi connectivity index (χ2v) is 4.36. The summed E-state index contributed by atoms with van der Waals surface area (Å²) in [6.45, 7) is 0. The van der Waals surface area contributed by atoms with Gasteiger partial charge in [-0.3, -0.25) is 4.79 Å². The van der Waals surface area contributed by atoms with Crippen LogP contribution in [0.4, 0.5) is 5.69 Å². The lowest BCUT2D eigenvalue weighted by Crippen LogP contribution is -2.08. The molecular formula is C14H13NO2S. The molecule has 0 aliphatic heterocycles. The number of hydrogen-bond acceptors (Lipinski definition) is 3. The number of thiophene rings is 1. The van der Waals surface area contributed by atoms with E-state index < -0.39 is 0 Å². The molecule has 0 fully saturated rings. The quantitative estimate of drug-likeness (QED) is 0.854. The summed E-state index contributed by atoms with van der Waals surface area (Å²) in [4.78, 5) is 11.7. The minimum Gasteiger partial charge on any atom is -0.495 e. The zero-order chi connectivity index (χ0) is 12.8. The first-order valence-corrected chi connectivity index (χ1v) is 6.38. The molecule has 0 aliphatic carbocycles. The van der Waals surface area contributed by atoms with E-state index in [0.29, 0.717) is 11.4 Å². The molecule has 3 nitrogen and oxygen atoms in total. The van der Waals surface area contributed by atoms with Crippen LogP contribution in [0.2, 0.25) is 0 Å². The molecule has 0 spiro atoms. The van der Waals surface area contributed by atoms with E-state index >= 15 is 0 Å². The summed E-state index contributed by atoms with van der Waals surface area (Å²) in [5.41, 5.74) is 1.69. The first-order chi connectivity index (χ1) is 8.79. The summed E-state index contributed by atoms with van der Waals surface area (Å²) in [7, 11) is 1.58. The number of amides is 1. The average molecular weight is 259 g/mol. The number of carbonyl (C=O) groups excluding carboxylic acids is 1. The number of rotatable bonds is 4. The Morgan fingerprint density at radius 2 is 2.17 bits per heavy atom. The number of ether oxygens (including phenoxy) is 1. The summed E-state index contributed by atoms with van der Waals surface area (Å²) in [5, 5.41) is 6.73. The molecule has 0 radical (unpaired) electrons. The fourth-order valence-corrected chi connectivity index (χ4v) is 2.09. The zero-order valence-corrected chi connectivity index (χ0v) is 10.7. The van der Waals surface area contributed by atoms with Crippen molar-refractivity contribution in [2.45, 2.75) is 0 Å². The Hall–Kier alpha value is -2.07. The van der Waals surface area contributed by atoms with E-state index in [4.69, 9.17) is 4.74 Å². The van der Waals surface area contributed by atoms with E-state index in [1.54, 1.807) is 36.7 Å². The van der Waals surface area contributed by atoms with Gasteiger partial charge in [-0.05, 0) is 40.6 Å². The number of hydrogen-bond donors (Lipinski definition) is 1. The summed E-state index contributed by atoms with van der Waals surface area (Å²) < 4.78 is 5.16. The van der Waals surface area contributed by atoms with Crippen molar-refractivity contribution in [1.82, 2.24) is 0 Å². The number of methoxy groups -OCH3 is 1. The minimum atomic E-state index is -0.175. The van der Waals surface area contributed by atoms with Gasteiger partial charge in [0.1, 0.15) is 5.75 Å². The molecule has 0 unspecified atom stereocenters.